The summed E-state index contributed by atoms with van der Waals surface area (Å²) in [5.41, 5.74) is 3.33. The van der Waals surface area contributed by atoms with E-state index in [9.17, 15) is 13.2 Å². The van der Waals surface area contributed by atoms with E-state index in [2.05, 4.69) is 21.8 Å². The van der Waals surface area contributed by atoms with Gasteiger partial charge in [-0.3, -0.25) is 4.79 Å². The summed E-state index contributed by atoms with van der Waals surface area (Å²) in [5.74, 6) is 0.000915. The molecular weight excluding hydrogens is 456 g/mol. The summed E-state index contributed by atoms with van der Waals surface area (Å²) in [4.78, 5) is 17.7. The molecule has 1 aromatic heterocycles. The number of aromatic nitrogens is 2. The number of nitrogens with one attached hydrogen (secondary N) is 1. The third-order valence-corrected chi connectivity index (χ3v) is 8.71. The van der Waals surface area contributed by atoms with E-state index >= 15 is 0 Å². The van der Waals surface area contributed by atoms with Crippen molar-refractivity contribution in [3.63, 3.8) is 0 Å². The molecule has 3 aromatic rings. The molecule has 7 nitrogen and oxygen atoms in total. The summed E-state index contributed by atoms with van der Waals surface area (Å²) in [5, 5.41) is 3.71. The Morgan fingerprint density at radius 3 is 2.64 bits per heavy atom. The summed E-state index contributed by atoms with van der Waals surface area (Å²) >= 11 is 1.39. The molecule has 1 N–H and O–H groups in total. The highest BCUT2D eigenvalue weighted by atomic mass is 32.2. The van der Waals surface area contributed by atoms with Gasteiger partial charge in [-0.25, -0.2) is 13.4 Å². The van der Waals surface area contributed by atoms with Gasteiger partial charge in [0, 0.05) is 25.3 Å². The lowest BCUT2D eigenvalue weighted by molar-refractivity contribution is -0.113. The van der Waals surface area contributed by atoms with Crippen LogP contribution in [0.1, 0.15) is 38.2 Å². The Bertz CT molecular complexity index is 1250. The number of anilines is 1. The minimum Gasteiger partial charge on any atom is -0.325 e. The van der Waals surface area contributed by atoms with Crippen molar-refractivity contribution in [3.05, 3.63) is 48.0 Å². The Kier molecular flexibility index (Phi) is 7.41. The molecular formula is C24H30N4O3S2. The quantitative estimate of drug-likeness (QED) is 0.468. The number of aryl methyl sites for hydroxylation is 2. The highest BCUT2D eigenvalue weighted by Gasteiger charge is 2.26. The number of hydrogen-bond acceptors (Lipinski definition) is 5. The maximum absolute atomic E-state index is 13.0. The minimum atomic E-state index is -3.56. The van der Waals surface area contributed by atoms with Crippen molar-refractivity contribution < 1.29 is 13.2 Å². The molecule has 0 unspecified atom stereocenters. The number of imidazole rings is 1. The lowest BCUT2D eigenvalue weighted by atomic mass is 10.2. The summed E-state index contributed by atoms with van der Waals surface area (Å²) < 4.78 is 29.7. The second-order valence-electron chi connectivity index (χ2n) is 8.31. The van der Waals surface area contributed by atoms with Gasteiger partial charge in [-0.2, -0.15) is 4.31 Å². The molecule has 0 spiro atoms. The van der Waals surface area contributed by atoms with E-state index < -0.39 is 10.0 Å². The average molecular weight is 487 g/mol. The van der Waals surface area contributed by atoms with Crippen LogP contribution in [0.15, 0.2) is 52.5 Å². The monoisotopic (exact) mass is 486 g/mol. The Balaban J connectivity index is 1.47. The van der Waals surface area contributed by atoms with Gasteiger partial charge in [0.25, 0.3) is 0 Å². The van der Waals surface area contributed by atoms with Crippen LogP contribution in [-0.2, 0) is 21.4 Å². The normalized spacial score (nSPS) is 15.1. The van der Waals surface area contributed by atoms with Gasteiger partial charge in [0.1, 0.15) is 0 Å². The first-order valence-corrected chi connectivity index (χ1v) is 13.8. The summed E-state index contributed by atoms with van der Waals surface area (Å²) in [6.07, 6.45) is 3.80. The summed E-state index contributed by atoms with van der Waals surface area (Å²) in [6, 6.07) is 12.9. The van der Waals surface area contributed by atoms with Gasteiger partial charge in [-0.1, -0.05) is 43.3 Å². The molecule has 0 radical (unpaired) electrons. The molecule has 4 rings (SSSR count). The first kappa shape index (κ1) is 23.8. The fourth-order valence-electron chi connectivity index (χ4n) is 4.07. The highest BCUT2D eigenvalue weighted by molar-refractivity contribution is 7.99. The molecule has 2 heterocycles. The molecule has 1 amide bonds. The van der Waals surface area contributed by atoms with Crippen LogP contribution in [0.25, 0.3) is 11.0 Å². The number of hydrogen-bond donors (Lipinski definition) is 1. The standard InChI is InChI=1S/C24H30N4O3S2/c1-3-13-28-22-10-6-5-9-20(22)26-24(28)32-17-23(29)25-21-16-19(12-11-18(21)2)33(30,31)27-14-7-4-8-15-27/h5-6,9-12,16H,3-4,7-8,13-15,17H2,1-2H3,(H,25,29). The molecule has 1 aliphatic rings. The molecule has 0 atom stereocenters. The maximum Gasteiger partial charge on any atom is 0.243 e. The zero-order valence-corrected chi connectivity index (χ0v) is 20.7. The second kappa shape index (κ2) is 10.3. The van der Waals surface area contributed by atoms with E-state index in [1.807, 2.05) is 31.2 Å². The van der Waals surface area contributed by atoms with Crippen molar-refractivity contribution in [1.82, 2.24) is 13.9 Å². The molecule has 1 fully saturated rings. The zero-order chi connectivity index (χ0) is 23.4. The van der Waals surface area contributed by atoms with Crippen LogP contribution in [0.3, 0.4) is 0 Å². The summed E-state index contributed by atoms with van der Waals surface area (Å²) in [6.45, 7) is 5.91. The van der Waals surface area contributed by atoms with Crippen molar-refractivity contribution in [2.75, 3.05) is 24.2 Å². The predicted octanol–water partition coefficient (Wildman–Crippen LogP) is 4.66. The molecule has 176 valence electrons. The third-order valence-electron chi connectivity index (χ3n) is 5.84. The number of thioether (sulfide) groups is 1. The SMILES string of the molecule is CCCn1c(SCC(=O)Nc2cc(S(=O)(=O)N3CCCCC3)ccc2C)nc2ccccc21. The highest BCUT2D eigenvalue weighted by Crippen LogP contribution is 2.27. The van der Waals surface area contributed by atoms with Crippen molar-refractivity contribution in [2.24, 2.45) is 0 Å². The van der Waals surface area contributed by atoms with Crippen molar-refractivity contribution in [1.29, 1.82) is 0 Å². The van der Waals surface area contributed by atoms with Gasteiger partial charge >= 0.3 is 0 Å². The van der Waals surface area contributed by atoms with Crippen LogP contribution in [0.5, 0.6) is 0 Å². The van der Waals surface area contributed by atoms with E-state index in [4.69, 9.17) is 0 Å². The number of carbonyl (C=O) groups excluding carboxylic acids is 1. The topological polar surface area (TPSA) is 84.3 Å². The number of para-hydroxylation sites is 2. The number of carbonyl (C=O) groups is 1. The average Bonchev–Trinajstić information content (AvgIpc) is 3.17. The van der Waals surface area contributed by atoms with Gasteiger partial charge in [-0.05, 0) is 56.0 Å². The van der Waals surface area contributed by atoms with Gasteiger partial charge in [-0.15, -0.1) is 0 Å². The molecule has 0 bridgehead atoms. The van der Waals surface area contributed by atoms with E-state index in [0.29, 0.717) is 18.8 Å². The lowest BCUT2D eigenvalue weighted by Gasteiger charge is -2.26. The molecule has 1 aliphatic heterocycles. The van der Waals surface area contributed by atoms with Crippen LogP contribution in [0.2, 0.25) is 0 Å². The van der Waals surface area contributed by atoms with E-state index in [0.717, 1.165) is 54.0 Å². The van der Waals surface area contributed by atoms with Crippen molar-refractivity contribution in [3.8, 4) is 0 Å². The maximum atomic E-state index is 13.0. The summed E-state index contributed by atoms with van der Waals surface area (Å²) in [7, 11) is -3.56. The molecule has 1 saturated heterocycles. The minimum absolute atomic E-state index is 0.189. The first-order chi connectivity index (χ1) is 15.9. The van der Waals surface area contributed by atoms with Gasteiger partial charge < -0.3 is 9.88 Å². The van der Waals surface area contributed by atoms with Crippen molar-refractivity contribution in [2.45, 2.75) is 56.1 Å². The van der Waals surface area contributed by atoms with Gasteiger partial charge in [0.15, 0.2) is 5.16 Å². The largest absolute Gasteiger partial charge is 0.325 e. The Hall–Kier alpha value is -2.36. The number of rotatable bonds is 8. The predicted molar refractivity (Wildman–Crippen MR) is 133 cm³/mol. The van der Waals surface area contributed by atoms with Crippen LogP contribution >= 0.6 is 11.8 Å². The zero-order valence-electron chi connectivity index (χ0n) is 19.1. The van der Waals surface area contributed by atoms with Crippen LogP contribution in [-0.4, -0.2) is 47.0 Å². The fraction of sp³-hybridized carbons (Fsp3) is 0.417. The Morgan fingerprint density at radius 2 is 1.88 bits per heavy atom. The van der Waals surface area contributed by atoms with Crippen LogP contribution in [0, 0.1) is 6.92 Å². The van der Waals surface area contributed by atoms with Crippen LogP contribution in [0.4, 0.5) is 5.69 Å². The Morgan fingerprint density at radius 1 is 1.12 bits per heavy atom. The van der Waals surface area contributed by atoms with Crippen LogP contribution < -0.4 is 5.32 Å². The van der Waals surface area contributed by atoms with E-state index in [1.165, 1.54) is 11.8 Å². The molecule has 0 saturated carbocycles. The second-order valence-corrected chi connectivity index (χ2v) is 11.2. The van der Waals surface area contributed by atoms with E-state index in [1.54, 1.807) is 22.5 Å². The smallest absolute Gasteiger partial charge is 0.243 e. The number of piperidine rings is 1. The Labute approximate surface area is 199 Å². The van der Waals surface area contributed by atoms with Gasteiger partial charge in [0.2, 0.25) is 15.9 Å². The van der Waals surface area contributed by atoms with Gasteiger partial charge in [0.05, 0.1) is 21.7 Å². The number of nitrogens with zero attached hydrogens (tertiary/aromatic N) is 3. The molecule has 9 heteroatoms. The number of benzene rings is 2. The number of fused-ring (bicyclic) bond motifs is 1. The third kappa shape index (κ3) is 5.26. The fourth-order valence-corrected chi connectivity index (χ4v) is 6.45. The molecule has 0 aliphatic carbocycles. The number of amides is 1. The van der Waals surface area contributed by atoms with Crippen molar-refractivity contribution >= 4 is 44.4 Å². The molecule has 33 heavy (non-hydrogen) atoms. The molecule has 2 aromatic carbocycles. The first-order valence-electron chi connectivity index (χ1n) is 11.4. The number of sulfonamides is 1. The lowest BCUT2D eigenvalue weighted by Crippen LogP contribution is -2.35. The van der Waals surface area contributed by atoms with E-state index in [-0.39, 0.29) is 16.6 Å².